The molecular weight excluding hydrogens is 222 g/mol. The second-order valence-electron chi connectivity index (χ2n) is 3.97. The van der Waals surface area contributed by atoms with Crippen molar-refractivity contribution in [3.63, 3.8) is 0 Å². The lowest BCUT2D eigenvalue weighted by molar-refractivity contribution is 0.0916. The molecule has 2 atom stereocenters. The molecule has 0 radical (unpaired) electrons. The van der Waals surface area contributed by atoms with Crippen LogP contribution in [0.5, 0.6) is 0 Å². The number of amides is 1. The summed E-state index contributed by atoms with van der Waals surface area (Å²) in [5, 5.41) is 11.8. The van der Waals surface area contributed by atoms with Gasteiger partial charge in [0.05, 0.1) is 0 Å². The zero-order valence-corrected chi connectivity index (χ0v) is 10.4. The lowest BCUT2D eigenvalue weighted by atomic mass is 10.0. The summed E-state index contributed by atoms with van der Waals surface area (Å²) in [5.41, 5.74) is 0.587. The van der Waals surface area contributed by atoms with E-state index in [0.29, 0.717) is 5.56 Å². The first kappa shape index (κ1) is 13.1. The van der Waals surface area contributed by atoms with E-state index in [0.717, 1.165) is 4.90 Å². The van der Waals surface area contributed by atoms with Crippen LogP contribution in [-0.2, 0) is 0 Å². The average molecular weight is 239 g/mol. The summed E-state index contributed by atoms with van der Waals surface area (Å²) >= 11 is 4.18. The van der Waals surface area contributed by atoms with Gasteiger partial charge in [-0.2, -0.15) is 0 Å². The van der Waals surface area contributed by atoms with Gasteiger partial charge < -0.3 is 10.4 Å². The zero-order chi connectivity index (χ0) is 12.1. The van der Waals surface area contributed by atoms with Crippen molar-refractivity contribution >= 4 is 18.5 Å². The molecule has 0 saturated carbocycles. The summed E-state index contributed by atoms with van der Waals surface area (Å²) in [7, 11) is 0. The average Bonchev–Trinajstić information content (AvgIpc) is 2.27. The Morgan fingerprint density at radius 3 is 2.75 bits per heavy atom. The Hall–Kier alpha value is -1.00. The van der Waals surface area contributed by atoms with Crippen molar-refractivity contribution in [2.24, 2.45) is 5.92 Å². The molecule has 1 aromatic rings. The number of nitrogens with one attached hydrogen (secondary N) is 1. The minimum atomic E-state index is -0.135. The van der Waals surface area contributed by atoms with Gasteiger partial charge in [-0.25, -0.2) is 0 Å². The van der Waals surface area contributed by atoms with Gasteiger partial charge in [0, 0.05) is 23.1 Å². The summed E-state index contributed by atoms with van der Waals surface area (Å²) < 4.78 is 0. The quantitative estimate of drug-likeness (QED) is 0.701. The number of carbonyl (C=O) groups excluding carboxylic acids is 1. The highest BCUT2D eigenvalue weighted by atomic mass is 32.1. The molecule has 0 aliphatic carbocycles. The Labute approximate surface area is 101 Å². The molecule has 2 N–H and O–H groups in total. The topological polar surface area (TPSA) is 49.3 Å². The van der Waals surface area contributed by atoms with Crippen molar-refractivity contribution in [3.05, 3.63) is 29.8 Å². The largest absolute Gasteiger partial charge is 0.396 e. The monoisotopic (exact) mass is 239 g/mol. The lowest BCUT2D eigenvalue weighted by Gasteiger charge is -2.19. The van der Waals surface area contributed by atoms with Gasteiger partial charge in [-0.15, -0.1) is 12.6 Å². The van der Waals surface area contributed by atoms with Crippen molar-refractivity contribution in [1.82, 2.24) is 5.32 Å². The van der Waals surface area contributed by atoms with Crippen LogP contribution in [0.2, 0.25) is 0 Å². The first-order valence-electron chi connectivity index (χ1n) is 5.25. The van der Waals surface area contributed by atoms with E-state index in [1.165, 1.54) is 0 Å². The Balaban J connectivity index is 2.66. The fraction of sp³-hybridized carbons (Fsp3) is 0.417. The predicted octanol–water partition coefficient (Wildman–Crippen LogP) is 1.72. The molecule has 0 aromatic heterocycles. The third kappa shape index (κ3) is 3.54. The van der Waals surface area contributed by atoms with Gasteiger partial charge in [0.25, 0.3) is 5.91 Å². The maximum Gasteiger partial charge on any atom is 0.251 e. The SMILES string of the molecule is CC(CO)C(C)NC(=O)c1cccc(S)c1. The molecule has 3 nitrogen and oxygen atoms in total. The van der Waals surface area contributed by atoms with Gasteiger partial charge in [0.2, 0.25) is 0 Å². The Bertz CT molecular complexity index is 368. The van der Waals surface area contributed by atoms with Crippen LogP contribution in [0, 0.1) is 5.92 Å². The third-order valence-electron chi connectivity index (χ3n) is 2.61. The molecule has 0 saturated heterocycles. The molecule has 0 spiro atoms. The summed E-state index contributed by atoms with van der Waals surface area (Å²) in [6.07, 6.45) is 0. The van der Waals surface area contributed by atoms with Crippen LogP contribution >= 0.6 is 12.6 Å². The molecule has 2 unspecified atom stereocenters. The van der Waals surface area contributed by atoms with Crippen LogP contribution in [0.15, 0.2) is 29.2 Å². The molecular formula is C12H17NO2S. The van der Waals surface area contributed by atoms with Crippen molar-refractivity contribution in [3.8, 4) is 0 Å². The highest BCUT2D eigenvalue weighted by Gasteiger charge is 2.14. The number of aliphatic hydroxyl groups excluding tert-OH is 1. The van der Waals surface area contributed by atoms with Gasteiger partial charge in [-0.05, 0) is 31.0 Å². The van der Waals surface area contributed by atoms with E-state index in [9.17, 15) is 4.79 Å². The first-order valence-corrected chi connectivity index (χ1v) is 5.70. The van der Waals surface area contributed by atoms with Crippen molar-refractivity contribution in [1.29, 1.82) is 0 Å². The number of benzene rings is 1. The molecule has 0 aliphatic heterocycles. The minimum absolute atomic E-state index is 0.0446. The summed E-state index contributed by atoms with van der Waals surface area (Å²) in [6.45, 7) is 3.83. The van der Waals surface area contributed by atoms with Gasteiger partial charge in [-0.1, -0.05) is 13.0 Å². The van der Waals surface area contributed by atoms with E-state index in [1.54, 1.807) is 18.2 Å². The molecule has 1 amide bonds. The smallest absolute Gasteiger partial charge is 0.251 e. The van der Waals surface area contributed by atoms with E-state index in [-0.39, 0.29) is 24.5 Å². The maximum absolute atomic E-state index is 11.8. The molecule has 0 heterocycles. The first-order chi connectivity index (χ1) is 7.54. The van der Waals surface area contributed by atoms with Gasteiger partial charge in [-0.3, -0.25) is 4.79 Å². The molecule has 0 bridgehead atoms. The number of carbonyl (C=O) groups is 1. The van der Waals surface area contributed by atoms with E-state index in [2.05, 4.69) is 17.9 Å². The van der Waals surface area contributed by atoms with Crippen LogP contribution in [0.4, 0.5) is 0 Å². The number of thiol groups is 1. The summed E-state index contributed by atoms with van der Waals surface area (Å²) in [5.74, 6) is -0.0909. The molecule has 0 aliphatic rings. The van der Waals surface area contributed by atoms with Gasteiger partial charge in [0.1, 0.15) is 0 Å². The predicted molar refractivity (Wildman–Crippen MR) is 66.9 cm³/mol. The Kier molecular flexibility index (Phi) is 4.83. The second kappa shape index (κ2) is 5.92. The van der Waals surface area contributed by atoms with Crippen molar-refractivity contribution < 1.29 is 9.90 Å². The molecule has 1 aromatic carbocycles. The van der Waals surface area contributed by atoms with E-state index < -0.39 is 0 Å². The molecule has 1 rings (SSSR count). The number of hydrogen-bond donors (Lipinski definition) is 3. The van der Waals surface area contributed by atoms with Crippen LogP contribution < -0.4 is 5.32 Å². The second-order valence-corrected chi connectivity index (χ2v) is 4.49. The Morgan fingerprint density at radius 1 is 1.50 bits per heavy atom. The third-order valence-corrected chi connectivity index (χ3v) is 2.89. The van der Waals surface area contributed by atoms with Gasteiger partial charge in [0.15, 0.2) is 0 Å². The van der Waals surface area contributed by atoms with Crippen LogP contribution in [0.3, 0.4) is 0 Å². The number of rotatable bonds is 4. The standard InChI is InChI=1S/C12H17NO2S/c1-8(7-14)9(2)13-12(15)10-4-3-5-11(16)6-10/h3-6,8-9,14,16H,7H2,1-2H3,(H,13,15). The zero-order valence-electron chi connectivity index (χ0n) is 9.47. The molecule has 88 valence electrons. The lowest BCUT2D eigenvalue weighted by Crippen LogP contribution is -2.38. The highest BCUT2D eigenvalue weighted by Crippen LogP contribution is 2.09. The van der Waals surface area contributed by atoms with Crippen LogP contribution in [-0.4, -0.2) is 23.7 Å². The number of hydrogen-bond acceptors (Lipinski definition) is 3. The molecule has 16 heavy (non-hydrogen) atoms. The van der Waals surface area contributed by atoms with E-state index in [1.807, 2.05) is 19.9 Å². The number of aliphatic hydroxyl groups is 1. The van der Waals surface area contributed by atoms with Crippen LogP contribution in [0.25, 0.3) is 0 Å². The molecule has 4 heteroatoms. The fourth-order valence-corrected chi connectivity index (χ4v) is 1.46. The van der Waals surface area contributed by atoms with E-state index >= 15 is 0 Å². The minimum Gasteiger partial charge on any atom is -0.396 e. The summed E-state index contributed by atoms with van der Waals surface area (Å²) in [4.78, 5) is 12.6. The van der Waals surface area contributed by atoms with Crippen LogP contribution in [0.1, 0.15) is 24.2 Å². The fourth-order valence-electron chi connectivity index (χ4n) is 1.24. The highest BCUT2D eigenvalue weighted by molar-refractivity contribution is 7.80. The van der Waals surface area contributed by atoms with Crippen molar-refractivity contribution in [2.45, 2.75) is 24.8 Å². The summed E-state index contributed by atoms with van der Waals surface area (Å²) in [6, 6.07) is 7.01. The normalized spacial score (nSPS) is 14.2. The molecule has 0 fully saturated rings. The van der Waals surface area contributed by atoms with Gasteiger partial charge >= 0.3 is 0 Å². The van der Waals surface area contributed by atoms with Crippen molar-refractivity contribution in [2.75, 3.05) is 6.61 Å². The van der Waals surface area contributed by atoms with E-state index in [4.69, 9.17) is 5.11 Å². The Morgan fingerprint density at radius 2 is 2.19 bits per heavy atom. The maximum atomic E-state index is 11.8.